The second-order valence-electron chi connectivity index (χ2n) is 4.86. The summed E-state index contributed by atoms with van der Waals surface area (Å²) in [6.07, 6.45) is 0. The molecule has 4 heteroatoms. The number of hydrogen-bond donors (Lipinski definition) is 0. The van der Waals surface area contributed by atoms with E-state index < -0.39 is 23.3 Å². The van der Waals surface area contributed by atoms with Crippen LogP contribution in [0.15, 0.2) is 36.4 Å². The number of hydrogen-bond acceptors (Lipinski definition) is 2. The van der Waals surface area contributed by atoms with Crippen LogP contribution in [0.3, 0.4) is 0 Å². The molecule has 0 bridgehead atoms. The molecule has 106 valence electrons. The van der Waals surface area contributed by atoms with Gasteiger partial charge in [0.05, 0.1) is 11.6 Å². The van der Waals surface area contributed by atoms with Crippen molar-refractivity contribution in [3.63, 3.8) is 0 Å². The smallest absolute Gasteiger partial charge is 0.187 e. The van der Waals surface area contributed by atoms with Gasteiger partial charge in [0.15, 0.2) is 5.78 Å². The van der Waals surface area contributed by atoms with Crippen molar-refractivity contribution >= 4 is 5.78 Å². The lowest BCUT2D eigenvalue weighted by Gasteiger charge is -2.12. The van der Waals surface area contributed by atoms with E-state index in [2.05, 4.69) is 0 Å². The van der Waals surface area contributed by atoms with E-state index in [9.17, 15) is 18.8 Å². The third-order valence-electron chi connectivity index (χ3n) is 3.40. The van der Waals surface area contributed by atoms with Crippen molar-refractivity contribution in [2.75, 3.05) is 0 Å². The van der Waals surface area contributed by atoms with E-state index >= 15 is 0 Å². The van der Waals surface area contributed by atoms with Gasteiger partial charge in [-0.25, -0.2) is 8.78 Å². The van der Waals surface area contributed by atoms with Crippen LogP contribution in [0.25, 0.3) is 0 Å². The maximum absolute atomic E-state index is 13.8. The number of nitriles is 1. The van der Waals surface area contributed by atoms with E-state index in [1.165, 1.54) is 6.92 Å². The van der Waals surface area contributed by atoms with Gasteiger partial charge in [-0.15, -0.1) is 0 Å². The molecule has 21 heavy (non-hydrogen) atoms. The van der Waals surface area contributed by atoms with Crippen LogP contribution < -0.4 is 0 Å². The van der Waals surface area contributed by atoms with E-state index in [0.717, 1.165) is 11.6 Å². The fraction of sp³-hybridized carbons (Fsp3) is 0.176. The summed E-state index contributed by atoms with van der Waals surface area (Å²) >= 11 is 0. The fourth-order valence-electron chi connectivity index (χ4n) is 2.18. The average molecular weight is 285 g/mol. The van der Waals surface area contributed by atoms with Crippen LogP contribution in [0, 0.1) is 36.8 Å². The summed E-state index contributed by atoms with van der Waals surface area (Å²) in [6, 6.07) is 10.7. The molecule has 0 saturated heterocycles. The second kappa shape index (κ2) is 5.84. The van der Waals surface area contributed by atoms with Gasteiger partial charge in [-0.05, 0) is 36.6 Å². The Morgan fingerprint density at radius 3 is 2.38 bits per heavy atom. The molecule has 2 rings (SSSR count). The molecule has 0 aromatic heterocycles. The Labute approximate surface area is 121 Å². The lowest BCUT2D eigenvalue weighted by Crippen LogP contribution is -2.14. The first-order chi connectivity index (χ1) is 9.95. The van der Waals surface area contributed by atoms with E-state index in [1.807, 2.05) is 6.07 Å². The summed E-state index contributed by atoms with van der Waals surface area (Å²) in [4.78, 5) is 12.4. The summed E-state index contributed by atoms with van der Waals surface area (Å²) in [5.41, 5.74) is 1.22. The molecule has 2 nitrogen and oxygen atoms in total. The van der Waals surface area contributed by atoms with Gasteiger partial charge in [0.1, 0.15) is 17.6 Å². The van der Waals surface area contributed by atoms with E-state index in [4.69, 9.17) is 0 Å². The monoisotopic (exact) mass is 285 g/mol. The van der Waals surface area contributed by atoms with Crippen LogP contribution in [-0.4, -0.2) is 5.78 Å². The number of rotatable bonds is 3. The lowest BCUT2D eigenvalue weighted by atomic mass is 9.88. The van der Waals surface area contributed by atoms with Gasteiger partial charge < -0.3 is 0 Å². The van der Waals surface area contributed by atoms with Crippen molar-refractivity contribution in [1.29, 1.82) is 5.26 Å². The quantitative estimate of drug-likeness (QED) is 0.797. The molecule has 0 saturated carbocycles. The molecule has 0 aliphatic carbocycles. The van der Waals surface area contributed by atoms with Crippen molar-refractivity contribution in [1.82, 2.24) is 0 Å². The maximum Gasteiger partial charge on any atom is 0.187 e. The minimum atomic E-state index is -1.11. The first-order valence-corrected chi connectivity index (χ1v) is 6.40. The van der Waals surface area contributed by atoms with Crippen LogP contribution in [0.1, 0.15) is 33.0 Å². The molecule has 2 aromatic carbocycles. The minimum absolute atomic E-state index is 0.168. The number of halogens is 2. The molecular weight excluding hydrogens is 272 g/mol. The van der Waals surface area contributed by atoms with Gasteiger partial charge in [0.25, 0.3) is 0 Å². The van der Waals surface area contributed by atoms with Gasteiger partial charge in [0, 0.05) is 6.07 Å². The van der Waals surface area contributed by atoms with Crippen LogP contribution in [0.2, 0.25) is 0 Å². The van der Waals surface area contributed by atoms with Gasteiger partial charge in [-0.3, -0.25) is 4.79 Å². The first-order valence-electron chi connectivity index (χ1n) is 6.40. The molecule has 1 unspecified atom stereocenters. The van der Waals surface area contributed by atoms with Crippen molar-refractivity contribution in [2.45, 2.75) is 19.8 Å². The molecule has 0 amide bonds. The standard InChI is InChI=1S/C17H13F2NO/c1-10-5-3-4-6-12(10)14(9-20)17(21)13-7-11(2)15(18)8-16(13)19/h3-8,14H,1-2H3. The van der Waals surface area contributed by atoms with Crippen molar-refractivity contribution < 1.29 is 13.6 Å². The number of benzene rings is 2. The highest BCUT2D eigenvalue weighted by molar-refractivity contribution is 6.03. The predicted octanol–water partition coefficient (Wildman–Crippen LogP) is 4.07. The molecule has 0 radical (unpaired) electrons. The van der Waals surface area contributed by atoms with E-state index in [0.29, 0.717) is 11.6 Å². The fourth-order valence-corrected chi connectivity index (χ4v) is 2.18. The molecule has 0 aliphatic rings. The number of nitrogens with zero attached hydrogens (tertiary/aromatic N) is 1. The third kappa shape index (κ3) is 2.82. The van der Waals surface area contributed by atoms with Gasteiger partial charge in [-0.1, -0.05) is 24.3 Å². The molecule has 0 heterocycles. The Hall–Kier alpha value is -2.54. The zero-order chi connectivity index (χ0) is 15.6. The summed E-state index contributed by atoms with van der Waals surface area (Å²) < 4.78 is 27.1. The third-order valence-corrected chi connectivity index (χ3v) is 3.40. The Kier molecular flexibility index (Phi) is 4.13. The van der Waals surface area contributed by atoms with Gasteiger partial charge >= 0.3 is 0 Å². The highest BCUT2D eigenvalue weighted by atomic mass is 19.1. The highest BCUT2D eigenvalue weighted by Crippen LogP contribution is 2.25. The predicted molar refractivity (Wildman–Crippen MR) is 75.0 cm³/mol. The molecule has 0 aliphatic heterocycles. The zero-order valence-corrected chi connectivity index (χ0v) is 11.7. The van der Waals surface area contributed by atoms with Crippen LogP contribution in [0.4, 0.5) is 8.78 Å². The topological polar surface area (TPSA) is 40.9 Å². The van der Waals surface area contributed by atoms with E-state index in [1.54, 1.807) is 31.2 Å². The van der Waals surface area contributed by atoms with Crippen molar-refractivity contribution in [3.8, 4) is 6.07 Å². The lowest BCUT2D eigenvalue weighted by molar-refractivity contribution is 0.0974. The number of ketones is 1. The van der Waals surface area contributed by atoms with E-state index in [-0.39, 0.29) is 11.1 Å². The SMILES string of the molecule is Cc1cc(C(=O)C(C#N)c2ccccc2C)c(F)cc1F. The Morgan fingerprint density at radius 2 is 1.76 bits per heavy atom. The van der Waals surface area contributed by atoms with Crippen molar-refractivity contribution in [3.05, 3.63) is 70.3 Å². The minimum Gasteiger partial charge on any atom is -0.292 e. The normalized spacial score (nSPS) is 11.8. The Balaban J connectivity index is 2.50. The first kappa shape index (κ1) is 14.9. The zero-order valence-electron chi connectivity index (χ0n) is 11.7. The molecular formula is C17H13F2NO. The molecule has 0 N–H and O–H groups in total. The van der Waals surface area contributed by atoms with Crippen molar-refractivity contribution in [2.24, 2.45) is 0 Å². The number of carbonyl (C=O) groups excluding carboxylic acids is 1. The number of carbonyl (C=O) groups is 1. The Morgan fingerprint density at radius 1 is 1.10 bits per heavy atom. The summed E-state index contributed by atoms with van der Waals surface area (Å²) in [6.45, 7) is 3.22. The number of Topliss-reactive ketones (excluding diaryl/α,β-unsaturated/α-hetero) is 1. The molecule has 2 aromatic rings. The molecule has 1 atom stereocenters. The largest absolute Gasteiger partial charge is 0.292 e. The van der Waals surface area contributed by atoms with Gasteiger partial charge in [-0.2, -0.15) is 5.26 Å². The average Bonchev–Trinajstić information content (AvgIpc) is 2.45. The van der Waals surface area contributed by atoms with Crippen LogP contribution in [-0.2, 0) is 0 Å². The molecule has 0 spiro atoms. The maximum atomic E-state index is 13.8. The second-order valence-corrected chi connectivity index (χ2v) is 4.86. The van der Waals surface area contributed by atoms with Gasteiger partial charge in [0.2, 0.25) is 0 Å². The molecule has 0 fully saturated rings. The number of aryl methyl sites for hydroxylation is 2. The Bertz CT molecular complexity index is 747. The van der Waals surface area contributed by atoms with Crippen LogP contribution >= 0.6 is 0 Å². The summed E-state index contributed by atoms with van der Waals surface area (Å²) in [5, 5.41) is 9.28. The summed E-state index contributed by atoms with van der Waals surface area (Å²) in [7, 11) is 0. The highest BCUT2D eigenvalue weighted by Gasteiger charge is 2.26. The van der Waals surface area contributed by atoms with Crippen LogP contribution in [0.5, 0.6) is 0 Å². The summed E-state index contributed by atoms with van der Waals surface area (Å²) in [5.74, 6) is -3.43.